The fourth-order valence-electron chi connectivity index (χ4n) is 3.20. The van der Waals surface area contributed by atoms with Crippen molar-refractivity contribution < 1.29 is 13.2 Å². The molecular formula is C16H23N5O3S. The highest BCUT2D eigenvalue weighted by molar-refractivity contribution is 7.89. The molecule has 0 aromatic carbocycles. The van der Waals surface area contributed by atoms with Gasteiger partial charge in [-0.05, 0) is 39.2 Å². The first-order valence-electron chi connectivity index (χ1n) is 8.40. The third-order valence-electron chi connectivity index (χ3n) is 4.65. The number of aromatic nitrogens is 3. The summed E-state index contributed by atoms with van der Waals surface area (Å²) in [6.07, 6.45) is 5.85. The molecule has 2 atom stereocenters. The van der Waals surface area contributed by atoms with E-state index >= 15 is 0 Å². The van der Waals surface area contributed by atoms with Crippen LogP contribution < -0.4 is 4.72 Å². The zero-order chi connectivity index (χ0) is 18.2. The lowest BCUT2D eigenvalue weighted by atomic mass is 10.0. The highest BCUT2D eigenvalue weighted by Crippen LogP contribution is 2.19. The molecule has 3 rings (SSSR count). The molecule has 1 amide bonds. The normalized spacial score (nSPS) is 20.0. The first-order chi connectivity index (χ1) is 11.8. The summed E-state index contributed by atoms with van der Waals surface area (Å²) in [6.45, 7) is 4.26. The summed E-state index contributed by atoms with van der Waals surface area (Å²) in [4.78, 5) is 18.5. The van der Waals surface area contributed by atoms with E-state index in [1.165, 1.54) is 12.3 Å². The Labute approximate surface area is 147 Å². The van der Waals surface area contributed by atoms with E-state index in [1.807, 2.05) is 6.92 Å². The van der Waals surface area contributed by atoms with Crippen LogP contribution >= 0.6 is 0 Å². The van der Waals surface area contributed by atoms with Crippen molar-refractivity contribution in [2.24, 2.45) is 7.05 Å². The molecule has 9 heteroatoms. The Morgan fingerprint density at radius 2 is 2.12 bits per heavy atom. The molecule has 1 fully saturated rings. The Hall–Kier alpha value is -2.00. The monoisotopic (exact) mass is 365 g/mol. The summed E-state index contributed by atoms with van der Waals surface area (Å²) >= 11 is 0. The number of amides is 1. The van der Waals surface area contributed by atoms with Gasteiger partial charge in [-0.2, -0.15) is 9.82 Å². The minimum absolute atomic E-state index is 0.0272. The zero-order valence-corrected chi connectivity index (χ0v) is 15.5. The van der Waals surface area contributed by atoms with E-state index in [0.29, 0.717) is 17.6 Å². The number of rotatable bonds is 4. The molecule has 0 aliphatic carbocycles. The second kappa shape index (κ2) is 6.72. The fraction of sp³-hybridized carbons (Fsp3) is 0.562. The third-order valence-corrected chi connectivity index (χ3v) is 6.15. The number of carbonyl (C=O) groups excluding carboxylic acids is 1. The molecule has 1 aliphatic rings. The average Bonchev–Trinajstić information content (AvgIpc) is 2.95. The van der Waals surface area contributed by atoms with Crippen LogP contribution in [-0.2, 0) is 21.9 Å². The fourth-order valence-corrected chi connectivity index (χ4v) is 4.37. The standard InChI is InChI=1S/C16H23N5O3S/c1-11-6-4-5-7-21(11)16(22)12(2)19-25(23,24)14-8-13-9-18-20(3)15(13)17-10-14/h8-12,19H,4-7H2,1-3H3/t11-,12-/m0/s1. The number of hydrogen-bond acceptors (Lipinski definition) is 5. The number of pyridine rings is 1. The summed E-state index contributed by atoms with van der Waals surface area (Å²) in [6, 6.07) is 0.829. The molecule has 0 saturated carbocycles. The predicted molar refractivity (Wildman–Crippen MR) is 93.3 cm³/mol. The van der Waals surface area contributed by atoms with Gasteiger partial charge in [-0.1, -0.05) is 0 Å². The van der Waals surface area contributed by atoms with Crippen molar-refractivity contribution in [1.82, 2.24) is 24.4 Å². The number of nitrogens with one attached hydrogen (secondary N) is 1. The average molecular weight is 365 g/mol. The lowest BCUT2D eigenvalue weighted by molar-refractivity contribution is -0.135. The number of carbonyl (C=O) groups is 1. The molecule has 0 radical (unpaired) electrons. The van der Waals surface area contributed by atoms with E-state index in [0.717, 1.165) is 19.3 Å². The van der Waals surface area contributed by atoms with Gasteiger partial charge in [0.1, 0.15) is 4.90 Å². The van der Waals surface area contributed by atoms with Crippen molar-refractivity contribution in [2.75, 3.05) is 6.54 Å². The van der Waals surface area contributed by atoms with Gasteiger partial charge in [-0.15, -0.1) is 0 Å². The second-order valence-corrected chi connectivity index (χ2v) is 8.29. The summed E-state index contributed by atoms with van der Waals surface area (Å²) in [5.41, 5.74) is 0.602. The van der Waals surface area contributed by atoms with Crippen LogP contribution in [0.2, 0.25) is 0 Å². The van der Waals surface area contributed by atoms with Crippen molar-refractivity contribution in [3.8, 4) is 0 Å². The van der Waals surface area contributed by atoms with Crippen LogP contribution in [0.5, 0.6) is 0 Å². The van der Waals surface area contributed by atoms with E-state index in [4.69, 9.17) is 0 Å². The highest BCUT2D eigenvalue weighted by atomic mass is 32.2. The summed E-state index contributed by atoms with van der Waals surface area (Å²) in [5, 5.41) is 4.69. The lowest BCUT2D eigenvalue weighted by Crippen LogP contribution is -2.51. The number of piperidine rings is 1. The Balaban J connectivity index is 1.78. The predicted octanol–water partition coefficient (Wildman–Crippen LogP) is 1.04. The molecule has 25 heavy (non-hydrogen) atoms. The minimum atomic E-state index is -3.84. The van der Waals surface area contributed by atoms with Gasteiger partial charge < -0.3 is 4.90 Å². The van der Waals surface area contributed by atoms with Gasteiger partial charge in [0, 0.05) is 31.2 Å². The third kappa shape index (κ3) is 3.52. The molecular weight excluding hydrogens is 342 g/mol. The number of hydrogen-bond donors (Lipinski definition) is 1. The number of likely N-dealkylation sites (tertiary alicyclic amines) is 1. The molecule has 0 spiro atoms. The van der Waals surface area contributed by atoms with Crippen LogP contribution in [0.25, 0.3) is 11.0 Å². The molecule has 2 aromatic heterocycles. The van der Waals surface area contributed by atoms with Crippen LogP contribution in [0.3, 0.4) is 0 Å². The largest absolute Gasteiger partial charge is 0.339 e. The number of fused-ring (bicyclic) bond motifs is 1. The molecule has 1 N–H and O–H groups in total. The van der Waals surface area contributed by atoms with Gasteiger partial charge in [0.25, 0.3) is 0 Å². The summed E-state index contributed by atoms with van der Waals surface area (Å²) < 4.78 is 29.3. The molecule has 0 unspecified atom stereocenters. The molecule has 1 aliphatic heterocycles. The van der Waals surface area contributed by atoms with Crippen molar-refractivity contribution in [3.63, 3.8) is 0 Å². The highest BCUT2D eigenvalue weighted by Gasteiger charge is 2.30. The maximum atomic E-state index is 12.6. The van der Waals surface area contributed by atoms with E-state index in [1.54, 1.807) is 29.7 Å². The van der Waals surface area contributed by atoms with Crippen LogP contribution in [-0.4, -0.2) is 52.6 Å². The van der Waals surface area contributed by atoms with E-state index < -0.39 is 16.1 Å². The number of sulfonamides is 1. The summed E-state index contributed by atoms with van der Waals surface area (Å²) in [7, 11) is -2.10. The van der Waals surface area contributed by atoms with E-state index in [-0.39, 0.29) is 16.8 Å². The Kier molecular flexibility index (Phi) is 4.79. The molecule has 8 nitrogen and oxygen atoms in total. The van der Waals surface area contributed by atoms with Crippen molar-refractivity contribution in [3.05, 3.63) is 18.5 Å². The summed E-state index contributed by atoms with van der Waals surface area (Å²) in [5.74, 6) is -0.189. The molecule has 136 valence electrons. The van der Waals surface area contributed by atoms with Crippen molar-refractivity contribution in [1.29, 1.82) is 0 Å². The van der Waals surface area contributed by atoms with Crippen LogP contribution in [0.15, 0.2) is 23.4 Å². The minimum Gasteiger partial charge on any atom is -0.339 e. The lowest BCUT2D eigenvalue weighted by Gasteiger charge is -2.35. The zero-order valence-electron chi connectivity index (χ0n) is 14.6. The van der Waals surface area contributed by atoms with Crippen molar-refractivity contribution >= 4 is 27.0 Å². The topological polar surface area (TPSA) is 97.2 Å². The van der Waals surface area contributed by atoms with E-state index in [9.17, 15) is 13.2 Å². The Morgan fingerprint density at radius 1 is 1.36 bits per heavy atom. The number of aryl methyl sites for hydroxylation is 1. The van der Waals surface area contributed by atoms with Gasteiger partial charge in [0.2, 0.25) is 15.9 Å². The van der Waals surface area contributed by atoms with E-state index in [2.05, 4.69) is 14.8 Å². The Bertz CT molecular complexity index is 892. The first kappa shape index (κ1) is 17.8. The Morgan fingerprint density at radius 3 is 2.84 bits per heavy atom. The second-order valence-electron chi connectivity index (χ2n) is 6.57. The first-order valence-corrected chi connectivity index (χ1v) is 9.88. The quantitative estimate of drug-likeness (QED) is 0.873. The van der Waals surface area contributed by atoms with Gasteiger partial charge >= 0.3 is 0 Å². The maximum absolute atomic E-state index is 12.6. The van der Waals surface area contributed by atoms with Gasteiger partial charge in [-0.3, -0.25) is 9.48 Å². The molecule has 3 heterocycles. The molecule has 2 aromatic rings. The number of nitrogens with zero attached hydrogens (tertiary/aromatic N) is 4. The van der Waals surface area contributed by atoms with Crippen LogP contribution in [0.4, 0.5) is 0 Å². The van der Waals surface area contributed by atoms with Crippen LogP contribution in [0, 0.1) is 0 Å². The molecule has 1 saturated heterocycles. The van der Waals surface area contributed by atoms with Gasteiger partial charge in [-0.25, -0.2) is 13.4 Å². The SMILES string of the molecule is C[C@H](NS(=O)(=O)c1cnc2c(cnn2C)c1)C(=O)N1CCCC[C@@H]1C. The van der Waals surface area contributed by atoms with Gasteiger partial charge in [0.15, 0.2) is 5.65 Å². The van der Waals surface area contributed by atoms with Crippen LogP contribution in [0.1, 0.15) is 33.1 Å². The van der Waals surface area contributed by atoms with Crippen molar-refractivity contribution in [2.45, 2.75) is 50.1 Å². The van der Waals surface area contributed by atoms with Gasteiger partial charge in [0.05, 0.1) is 12.2 Å². The smallest absolute Gasteiger partial charge is 0.242 e. The maximum Gasteiger partial charge on any atom is 0.242 e. The molecule has 0 bridgehead atoms.